The Labute approximate surface area is 144 Å². The average molecular weight is 342 g/mol. The molecule has 5 nitrogen and oxygen atoms in total. The highest BCUT2D eigenvalue weighted by Crippen LogP contribution is 2.32. The third-order valence-corrected chi connectivity index (χ3v) is 4.89. The van der Waals surface area contributed by atoms with Gasteiger partial charge in [-0.25, -0.2) is 4.79 Å². The number of nitrogens with one attached hydrogen (secondary N) is 2. The molecule has 6 heteroatoms. The summed E-state index contributed by atoms with van der Waals surface area (Å²) in [7, 11) is 0. The highest BCUT2D eigenvalue weighted by Gasteiger charge is 2.51. The van der Waals surface area contributed by atoms with E-state index in [-0.39, 0.29) is 5.75 Å². The van der Waals surface area contributed by atoms with Gasteiger partial charge in [0.25, 0.3) is 5.91 Å². The van der Waals surface area contributed by atoms with Gasteiger partial charge < -0.3 is 10.4 Å². The lowest BCUT2D eigenvalue weighted by molar-refractivity contribution is -0.127. The summed E-state index contributed by atoms with van der Waals surface area (Å²) < 4.78 is 0. The standard InChI is InChI=1S/C18H18N2O3S/c1-24-11-18(16(22)19-17(23)20-18)15(21)14-9-7-13(8-10-14)12-5-3-2-4-6-12/h2-10,15,21H,11H2,1H3,(H2,19,20,22,23). The van der Waals surface area contributed by atoms with Gasteiger partial charge in [0.05, 0.1) is 0 Å². The second kappa shape index (κ2) is 6.67. The van der Waals surface area contributed by atoms with Gasteiger partial charge in [0.1, 0.15) is 6.10 Å². The lowest BCUT2D eigenvalue weighted by Crippen LogP contribution is -2.54. The second-order valence-electron chi connectivity index (χ2n) is 5.70. The van der Waals surface area contributed by atoms with Crippen LogP contribution in [0.15, 0.2) is 54.6 Å². The molecule has 0 spiro atoms. The summed E-state index contributed by atoms with van der Waals surface area (Å²) >= 11 is 1.39. The SMILES string of the molecule is CSCC1(C(O)c2ccc(-c3ccccc3)cc2)NC(=O)NC1=O. The Bertz CT molecular complexity index is 749. The van der Waals surface area contributed by atoms with E-state index in [1.54, 1.807) is 12.1 Å². The first-order chi connectivity index (χ1) is 11.6. The van der Waals surface area contributed by atoms with Crippen molar-refractivity contribution < 1.29 is 14.7 Å². The first-order valence-corrected chi connectivity index (χ1v) is 8.92. The molecule has 0 aliphatic carbocycles. The Morgan fingerprint density at radius 2 is 1.67 bits per heavy atom. The Balaban J connectivity index is 1.90. The predicted octanol–water partition coefficient (Wildman–Crippen LogP) is 2.33. The number of hydrogen-bond donors (Lipinski definition) is 3. The van der Waals surface area contributed by atoms with E-state index in [1.807, 2.05) is 48.7 Å². The van der Waals surface area contributed by atoms with Crippen LogP contribution in [0.5, 0.6) is 0 Å². The van der Waals surface area contributed by atoms with Gasteiger partial charge in [-0.15, -0.1) is 0 Å². The van der Waals surface area contributed by atoms with Crippen LogP contribution in [-0.2, 0) is 4.79 Å². The number of thioether (sulfide) groups is 1. The second-order valence-corrected chi connectivity index (χ2v) is 6.57. The van der Waals surface area contributed by atoms with Crippen molar-refractivity contribution in [1.29, 1.82) is 0 Å². The molecule has 1 aliphatic heterocycles. The van der Waals surface area contributed by atoms with E-state index >= 15 is 0 Å². The molecule has 3 amide bonds. The third kappa shape index (κ3) is 2.90. The molecule has 2 atom stereocenters. The minimum Gasteiger partial charge on any atom is -0.385 e. The zero-order valence-electron chi connectivity index (χ0n) is 13.2. The van der Waals surface area contributed by atoms with Gasteiger partial charge in [-0.1, -0.05) is 54.6 Å². The molecular weight excluding hydrogens is 324 g/mol. The summed E-state index contributed by atoms with van der Waals surface area (Å²) in [5, 5.41) is 15.6. The Morgan fingerprint density at radius 1 is 1.04 bits per heavy atom. The molecule has 3 rings (SSSR count). The minimum absolute atomic E-state index is 0.284. The number of rotatable bonds is 5. The fourth-order valence-corrected chi connectivity index (χ4v) is 3.70. The number of aliphatic hydroxyl groups excluding tert-OH is 1. The topological polar surface area (TPSA) is 78.4 Å². The van der Waals surface area contributed by atoms with Crippen LogP contribution in [0.4, 0.5) is 4.79 Å². The molecule has 0 aromatic heterocycles. The number of imide groups is 1. The van der Waals surface area contributed by atoms with Gasteiger partial charge in [-0.3, -0.25) is 10.1 Å². The van der Waals surface area contributed by atoms with Gasteiger partial charge in [0.2, 0.25) is 0 Å². The highest BCUT2D eigenvalue weighted by molar-refractivity contribution is 7.98. The normalized spacial score (nSPS) is 21.2. The van der Waals surface area contributed by atoms with Crippen molar-refractivity contribution in [3.8, 4) is 11.1 Å². The number of urea groups is 1. The van der Waals surface area contributed by atoms with Crippen LogP contribution in [0, 0.1) is 0 Å². The first kappa shape index (κ1) is 16.5. The molecule has 1 aliphatic rings. The summed E-state index contributed by atoms with van der Waals surface area (Å²) in [5.41, 5.74) is 1.33. The van der Waals surface area contributed by atoms with Gasteiger partial charge in [0.15, 0.2) is 5.54 Å². The van der Waals surface area contributed by atoms with Crippen molar-refractivity contribution in [2.45, 2.75) is 11.6 Å². The first-order valence-electron chi connectivity index (χ1n) is 7.53. The highest BCUT2D eigenvalue weighted by atomic mass is 32.2. The fourth-order valence-electron chi connectivity index (χ4n) is 2.88. The molecule has 0 saturated carbocycles. The lowest BCUT2D eigenvalue weighted by Gasteiger charge is -2.30. The molecule has 24 heavy (non-hydrogen) atoms. The summed E-state index contributed by atoms with van der Waals surface area (Å²) in [6, 6.07) is 16.7. The maximum Gasteiger partial charge on any atom is 0.322 e. The Morgan fingerprint density at radius 3 is 2.21 bits per heavy atom. The molecule has 1 saturated heterocycles. The van der Waals surface area contributed by atoms with Crippen LogP contribution in [-0.4, -0.2) is 34.6 Å². The molecule has 1 fully saturated rings. The molecule has 2 unspecified atom stereocenters. The summed E-state index contributed by atoms with van der Waals surface area (Å²) in [6.45, 7) is 0. The predicted molar refractivity (Wildman–Crippen MR) is 94.6 cm³/mol. The van der Waals surface area contributed by atoms with Crippen LogP contribution >= 0.6 is 11.8 Å². The van der Waals surface area contributed by atoms with Crippen molar-refractivity contribution in [1.82, 2.24) is 10.6 Å². The van der Waals surface area contributed by atoms with Crippen LogP contribution in [0.25, 0.3) is 11.1 Å². The minimum atomic E-state index is -1.34. The fraction of sp³-hybridized carbons (Fsp3) is 0.222. The molecule has 124 valence electrons. The molecule has 2 aromatic carbocycles. The van der Waals surface area contributed by atoms with E-state index < -0.39 is 23.6 Å². The van der Waals surface area contributed by atoms with Crippen LogP contribution in [0.1, 0.15) is 11.7 Å². The number of carbonyl (C=O) groups is 2. The smallest absolute Gasteiger partial charge is 0.322 e. The van der Waals surface area contributed by atoms with E-state index in [2.05, 4.69) is 10.6 Å². The Hall–Kier alpha value is -2.31. The van der Waals surface area contributed by atoms with Crippen LogP contribution in [0.3, 0.4) is 0 Å². The monoisotopic (exact) mass is 342 g/mol. The summed E-state index contributed by atoms with van der Waals surface area (Å²) in [5.74, 6) is -0.215. The van der Waals surface area contributed by atoms with E-state index in [0.717, 1.165) is 11.1 Å². The van der Waals surface area contributed by atoms with Gasteiger partial charge in [-0.2, -0.15) is 11.8 Å². The van der Waals surface area contributed by atoms with Crippen LogP contribution in [0.2, 0.25) is 0 Å². The number of amides is 3. The van der Waals surface area contributed by atoms with Gasteiger partial charge in [-0.05, 0) is 22.9 Å². The Kier molecular flexibility index (Phi) is 4.59. The number of hydrogen-bond acceptors (Lipinski definition) is 4. The molecule has 0 bridgehead atoms. The number of benzene rings is 2. The molecule has 3 N–H and O–H groups in total. The molecular formula is C18H18N2O3S. The van der Waals surface area contributed by atoms with Crippen molar-refractivity contribution >= 4 is 23.7 Å². The van der Waals surface area contributed by atoms with Crippen molar-refractivity contribution in [2.24, 2.45) is 0 Å². The quantitative estimate of drug-likeness (QED) is 0.729. The maximum absolute atomic E-state index is 12.2. The van der Waals surface area contributed by atoms with E-state index in [9.17, 15) is 14.7 Å². The van der Waals surface area contributed by atoms with Gasteiger partial charge >= 0.3 is 6.03 Å². The molecule has 0 radical (unpaired) electrons. The average Bonchev–Trinajstić information content (AvgIpc) is 2.90. The van der Waals surface area contributed by atoms with E-state index in [0.29, 0.717) is 5.56 Å². The van der Waals surface area contributed by atoms with Crippen LogP contribution < -0.4 is 10.6 Å². The van der Waals surface area contributed by atoms with E-state index in [1.165, 1.54) is 11.8 Å². The molecule has 1 heterocycles. The number of carbonyl (C=O) groups excluding carboxylic acids is 2. The zero-order chi connectivity index (χ0) is 17.2. The van der Waals surface area contributed by atoms with E-state index in [4.69, 9.17) is 0 Å². The summed E-state index contributed by atoms with van der Waals surface area (Å²) in [6.07, 6.45) is 0.700. The zero-order valence-corrected chi connectivity index (χ0v) is 14.0. The third-order valence-electron chi connectivity index (χ3n) is 4.14. The maximum atomic E-state index is 12.2. The number of aliphatic hydroxyl groups is 1. The van der Waals surface area contributed by atoms with Crippen molar-refractivity contribution in [3.05, 3.63) is 60.2 Å². The van der Waals surface area contributed by atoms with Crippen molar-refractivity contribution in [3.63, 3.8) is 0 Å². The largest absolute Gasteiger partial charge is 0.385 e. The lowest BCUT2D eigenvalue weighted by atomic mass is 9.88. The summed E-state index contributed by atoms with van der Waals surface area (Å²) in [4.78, 5) is 23.8. The molecule has 2 aromatic rings. The van der Waals surface area contributed by atoms with Crippen molar-refractivity contribution in [2.75, 3.05) is 12.0 Å². The van der Waals surface area contributed by atoms with Gasteiger partial charge in [0, 0.05) is 5.75 Å².